The van der Waals surface area contributed by atoms with E-state index in [1.54, 1.807) is 0 Å². The summed E-state index contributed by atoms with van der Waals surface area (Å²) in [6.45, 7) is 2.65. The Morgan fingerprint density at radius 1 is 1.24 bits per heavy atom. The highest BCUT2D eigenvalue weighted by atomic mass is 35.5. The van der Waals surface area contributed by atoms with Crippen LogP contribution in [0.15, 0.2) is 30.3 Å². The molecule has 2 aromatic carbocycles. The van der Waals surface area contributed by atoms with Gasteiger partial charge in [0.2, 0.25) is 0 Å². The van der Waals surface area contributed by atoms with Gasteiger partial charge in [0, 0.05) is 24.9 Å². The molecule has 0 aliphatic rings. The molecule has 2 rings (SSSR count). The number of nitrogens with zero attached hydrogens (tertiary/aromatic N) is 1. The standard InChI is InChI=1S/C17H20ClNO2/c1-12(20)21-9-8-15-16-10-13(11-19(2)3)4-5-14(16)6-7-17(15)18/h4-7,10H,8-9,11H2,1-3H3. The highest BCUT2D eigenvalue weighted by Gasteiger charge is 2.08. The van der Waals surface area contributed by atoms with Crippen molar-refractivity contribution in [2.45, 2.75) is 19.9 Å². The van der Waals surface area contributed by atoms with Crippen LogP contribution < -0.4 is 0 Å². The number of fused-ring (bicyclic) bond motifs is 1. The van der Waals surface area contributed by atoms with Gasteiger partial charge in [-0.3, -0.25) is 4.79 Å². The monoisotopic (exact) mass is 305 g/mol. The summed E-state index contributed by atoms with van der Waals surface area (Å²) in [5.41, 5.74) is 2.28. The second-order valence-corrected chi connectivity index (χ2v) is 5.82. The molecule has 4 heteroatoms. The molecule has 112 valence electrons. The molecule has 3 nitrogen and oxygen atoms in total. The van der Waals surface area contributed by atoms with Gasteiger partial charge in [0.15, 0.2) is 0 Å². The average molecular weight is 306 g/mol. The van der Waals surface area contributed by atoms with Crippen LogP contribution in [0.4, 0.5) is 0 Å². The molecule has 0 heterocycles. The van der Waals surface area contributed by atoms with E-state index in [0.717, 1.165) is 27.9 Å². The largest absolute Gasteiger partial charge is 0.466 e. The highest BCUT2D eigenvalue weighted by Crippen LogP contribution is 2.28. The predicted octanol–water partition coefficient (Wildman–Crippen LogP) is 3.66. The molecule has 0 unspecified atom stereocenters. The summed E-state index contributed by atoms with van der Waals surface area (Å²) in [6.07, 6.45) is 0.626. The Balaban J connectivity index is 2.36. The molecule has 0 atom stereocenters. The summed E-state index contributed by atoms with van der Waals surface area (Å²) in [4.78, 5) is 13.0. The zero-order valence-electron chi connectivity index (χ0n) is 12.6. The topological polar surface area (TPSA) is 29.5 Å². The van der Waals surface area contributed by atoms with Crippen molar-refractivity contribution in [1.29, 1.82) is 0 Å². The normalized spacial score (nSPS) is 11.1. The maximum absolute atomic E-state index is 10.9. The van der Waals surface area contributed by atoms with E-state index < -0.39 is 0 Å². The fourth-order valence-corrected chi connectivity index (χ4v) is 2.68. The maximum Gasteiger partial charge on any atom is 0.302 e. The van der Waals surface area contributed by atoms with Gasteiger partial charge in [-0.2, -0.15) is 0 Å². The first-order valence-electron chi connectivity index (χ1n) is 6.95. The number of rotatable bonds is 5. The number of carbonyl (C=O) groups excluding carboxylic acids is 1. The Bertz CT molecular complexity index is 653. The van der Waals surface area contributed by atoms with Gasteiger partial charge < -0.3 is 9.64 Å². The zero-order chi connectivity index (χ0) is 15.4. The molecule has 2 aromatic rings. The van der Waals surface area contributed by atoms with Gasteiger partial charge in [-0.25, -0.2) is 0 Å². The minimum Gasteiger partial charge on any atom is -0.466 e. The Morgan fingerprint density at radius 2 is 1.95 bits per heavy atom. The van der Waals surface area contributed by atoms with Crippen LogP contribution in [0.2, 0.25) is 5.02 Å². The first-order chi connectivity index (χ1) is 9.97. The average Bonchev–Trinajstić information content (AvgIpc) is 2.40. The van der Waals surface area contributed by atoms with E-state index in [0.29, 0.717) is 13.0 Å². The second kappa shape index (κ2) is 6.92. The Hall–Kier alpha value is -1.58. The van der Waals surface area contributed by atoms with E-state index in [1.807, 2.05) is 26.2 Å². The van der Waals surface area contributed by atoms with Crippen molar-refractivity contribution in [1.82, 2.24) is 4.90 Å². The summed E-state index contributed by atoms with van der Waals surface area (Å²) in [5, 5.41) is 3.00. The van der Waals surface area contributed by atoms with Crippen LogP contribution in [0.3, 0.4) is 0 Å². The van der Waals surface area contributed by atoms with Crippen LogP contribution in [0.25, 0.3) is 10.8 Å². The second-order valence-electron chi connectivity index (χ2n) is 5.41. The minimum absolute atomic E-state index is 0.264. The van der Waals surface area contributed by atoms with Gasteiger partial charge in [-0.1, -0.05) is 29.8 Å². The molecule has 0 aromatic heterocycles. The van der Waals surface area contributed by atoms with Crippen molar-refractivity contribution in [3.63, 3.8) is 0 Å². The molecule has 0 aliphatic carbocycles. The van der Waals surface area contributed by atoms with Gasteiger partial charge in [-0.05, 0) is 48.1 Å². The van der Waals surface area contributed by atoms with Crippen LogP contribution in [0, 0.1) is 0 Å². The fraction of sp³-hybridized carbons (Fsp3) is 0.353. The molecule has 0 bridgehead atoms. The van der Waals surface area contributed by atoms with E-state index >= 15 is 0 Å². The number of halogens is 1. The third-order valence-corrected chi connectivity index (χ3v) is 3.65. The summed E-state index contributed by atoms with van der Waals surface area (Å²) in [6, 6.07) is 10.3. The van der Waals surface area contributed by atoms with Gasteiger partial charge in [0.05, 0.1) is 6.61 Å². The summed E-state index contributed by atoms with van der Waals surface area (Å²) in [7, 11) is 4.09. The maximum atomic E-state index is 10.9. The minimum atomic E-state index is -0.264. The van der Waals surface area contributed by atoms with Crippen molar-refractivity contribution in [2.75, 3.05) is 20.7 Å². The van der Waals surface area contributed by atoms with Crippen LogP contribution in [0.1, 0.15) is 18.1 Å². The molecule has 0 radical (unpaired) electrons. The third-order valence-electron chi connectivity index (χ3n) is 3.30. The number of hydrogen-bond donors (Lipinski definition) is 0. The first kappa shape index (κ1) is 15.8. The van der Waals surface area contributed by atoms with Crippen molar-refractivity contribution >= 4 is 28.3 Å². The van der Waals surface area contributed by atoms with Crippen LogP contribution in [-0.4, -0.2) is 31.6 Å². The fourth-order valence-electron chi connectivity index (χ4n) is 2.42. The van der Waals surface area contributed by atoms with Gasteiger partial charge in [0.25, 0.3) is 0 Å². The third kappa shape index (κ3) is 4.19. The van der Waals surface area contributed by atoms with Crippen LogP contribution in [-0.2, 0) is 22.5 Å². The van der Waals surface area contributed by atoms with Crippen molar-refractivity contribution < 1.29 is 9.53 Å². The van der Waals surface area contributed by atoms with E-state index in [4.69, 9.17) is 16.3 Å². The number of esters is 1. The Morgan fingerprint density at radius 3 is 2.62 bits per heavy atom. The van der Waals surface area contributed by atoms with E-state index in [2.05, 4.69) is 23.1 Å². The smallest absolute Gasteiger partial charge is 0.302 e. The van der Waals surface area contributed by atoms with Crippen LogP contribution >= 0.6 is 11.6 Å². The zero-order valence-corrected chi connectivity index (χ0v) is 13.4. The highest BCUT2D eigenvalue weighted by molar-refractivity contribution is 6.32. The van der Waals surface area contributed by atoms with Crippen LogP contribution in [0.5, 0.6) is 0 Å². The number of carbonyl (C=O) groups is 1. The lowest BCUT2D eigenvalue weighted by molar-refractivity contribution is -0.140. The molecule has 0 spiro atoms. The van der Waals surface area contributed by atoms with Crippen molar-refractivity contribution in [3.05, 3.63) is 46.5 Å². The quantitative estimate of drug-likeness (QED) is 0.790. The van der Waals surface area contributed by atoms with Crippen molar-refractivity contribution in [2.24, 2.45) is 0 Å². The summed E-state index contributed by atoms with van der Waals surface area (Å²) < 4.78 is 5.04. The lowest BCUT2D eigenvalue weighted by Crippen LogP contribution is -2.10. The SMILES string of the molecule is CC(=O)OCCc1c(Cl)ccc2ccc(CN(C)C)cc12. The summed E-state index contributed by atoms with van der Waals surface area (Å²) >= 11 is 6.33. The lowest BCUT2D eigenvalue weighted by Gasteiger charge is -2.13. The molecule has 0 saturated carbocycles. The van der Waals surface area contributed by atoms with Gasteiger partial charge in [0.1, 0.15) is 0 Å². The number of ether oxygens (including phenoxy) is 1. The number of hydrogen-bond acceptors (Lipinski definition) is 3. The molecule has 0 fully saturated rings. The summed E-state index contributed by atoms with van der Waals surface area (Å²) in [5.74, 6) is -0.264. The number of benzene rings is 2. The van der Waals surface area contributed by atoms with E-state index in [1.165, 1.54) is 12.5 Å². The Labute approximate surface area is 130 Å². The predicted molar refractivity (Wildman–Crippen MR) is 86.7 cm³/mol. The molecular formula is C17H20ClNO2. The van der Waals surface area contributed by atoms with E-state index in [-0.39, 0.29) is 5.97 Å². The van der Waals surface area contributed by atoms with Crippen molar-refractivity contribution in [3.8, 4) is 0 Å². The molecule has 0 amide bonds. The Kier molecular flexibility index (Phi) is 5.21. The molecule has 0 saturated heterocycles. The van der Waals surface area contributed by atoms with E-state index in [9.17, 15) is 4.79 Å². The molecular weight excluding hydrogens is 286 g/mol. The first-order valence-corrected chi connectivity index (χ1v) is 7.33. The van der Waals surface area contributed by atoms with Gasteiger partial charge in [-0.15, -0.1) is 0 Å². The molecule has 21 heavy (non-hydrogen) atoms. The van der Waals surface area contributed by atoms with Gasteiger partial charge >= 0.3 is 5.97 Å². The molecule has 0 aliphatic heterocycles. The molecule has 0 N–H and O–H groups in total. The lowest BCUT2D eigenvalue weighted by atomic mass is 10.00.